The van der Waals surface area contributed by atoms with Gasteiger partial charge in [-0.25, -0.2) is 4.68 Å². The summed E-state index contributed by atoms with van der Waals surface area (Å²) in [5, 5.41) is 5.08. The van der Waals surface area contributed by atoms with E-state index < -0.39 is 0 Å². The van der Waals surface area contributed by atoms with Crippen molar-refractivity contribution in [3.63, 3.8) is 0 Å². The fourth-order valence-electron chi connectivity index (χ4n) is 1.42. The molecule has 0 N–H and O–H groups in total. The van der Waals surface area contributed by atoms with Gasteiger partial charge >= 0.3 is 0 Å². The van der Waals surface area contributed by atoms with E-state index in [1.807, 2.05) is 6.07 Å². The number of carbonyl (C=O) groups is 1. The van der Waals surface area contributed by atoms with Crippen LogP contribution >= 0.6 is 23.2 Å². The van der Waals surface area contributed by atoms with Crippen LogP contribution in [0.5, 0.6) is 0 Å². The number of hydrogen-bond donors (Lipinski definition) is 0. The van der Waals surface area contributed by atoms with Crippen molar-refractivity contribution in [2.45, 2.75) is 6.92 Å². The number of aryl methyl sites for hydroxylation is 1. The molecule has 5 heteroatoms. The van der Waals surface area contributed by atoms with E-state index in [1.54, 1.807) is 25.1 Å². The number of halogens is 2. The predicted octanol–water partition coefficient (Wildman–Crippen LogP) is 3.30. The molecule has 2 aromatic rings. The van der Waals surface area contributed by atoms with Gasteiger partial charge in [0.05, 0.1) is 16.9 Å². The molecule has 3 nitrogen and oxygen atoms in total. The molecule has 0 radical (unpaired) electrons. The van der Waals surface area contributed by atoms with E-state index in [0.29, 0.717) is 27.7 Å². The Morgan fingerprint density at radius 1 is 1.38 bits per heavy atom. The van der Waals surface area contributed by atoms with Crippen molar-refractivity contribution < 1.29 is 4.79 Å². The molecule has 1 heterocycles. The first-order chi connectivity index (χ1) is 7.63. The normalized spacial score (nSPS) is 10.4. The standard InChI is InChI=1S/C11H8Cl2N2O/c1-7-10(6-16)11(13)15(14-7)9-4-2-3-8(12)5-9/h2-6H,1H3. The van der Waals surface area contributed by atoms with Crippen LogP contribution < -0.4 is 0 Å². The SMILES string of the molecule is Cc1nn(-c2cccc(Cl)c2)c(Cl)c1C=O. The first-order valence-corrected chi connectivity index (χ1v) is 5.35. The zero-order valence-corrected chi connectivity index (χ0v) is 9.96. The molecule has 16 heavy (non-hydrogen) atoms. The summed E-state index contributed by atoms with van der Waals surface area (Å²) >= 11 is 11.9. The van der Waals surface area contributed by atoms with Gasteiger partial charge in [-0.1, -0.05) is 29.3 Å². The highest BCUT2D eigenvalue weighted by Crippen LogP contribution is 2.23. The van der Waals surface area contributed by atoms with Gasteiger partial charge in [0.15, 0.2) is 6.29 Å². The lowest BCUT2D eigenvalue weighted by Gasteiger charge is -2.02. The van der Waals surface area contributed by atoms with E-state index in [1.165, 1.54) is 4.68 Å². The average Bonchev–Trinajstić information content (AvgIpc) is 2.54. The molecule has 1 aromatic heterocycles. The van der Waals surface area contributed by atoms with Crippen molar-refractivity contribution in [1.82, 2.24) is 9.78 Å². The maximum absolute atomic E-state index is 10.8. The lowest BCUT2D eigenvalue weighted by molar-refractivity contribution is 0.112. The predicted molar refractivity (Wildman–Crippen MR) is 63.7 cm³/mol. The molecule has 0 bridgehead atoms. The van der Waals surface area contributed by atoms with Crippen molar-refractivity contribution in [3.8, 4) is 5.69 Å². The molecule has 0 aliphatic heterocycles. The lowest BCUT2D eigenvalue weighted by atomic mass is 10.3. The largest absolute Gasteiger partial charge is 0.298 e. The first-order valence-electron chi connectivity index (χ1n) is 4.59. The van der Waals surface area contributed by atoms with Crippen LogP contribution in [-0.4, -0.2) is 16.1 Å². The van der Waals surface area contributed by atoms with Crippen LogP contribution in [0, 0.1) is 6.92 Å². The molecule has 0 unspecified atom stereocenters. The molecule has 0 aliphatic carbocycles. The quantitative estimate of drug-likeness (QED) is 0.771. The van der Waals surface area contributed by atoms with E-state index in [-0.39, 0.29) is 0 Å². The van der Waals surface area contributed by atoms with Crippen LogP contribution in [0.25, 0.3) is 5.69 Å². The zero-order valence-electron chi connectivity index (χ0n) is 8.45. The molecule has 82 valence electrons. The highest BCUT2D eigenvalue weighted by Gasteiger charge is 2.13. The van der Waals surface area contributed by atoms with Crippen molar-refractivity contribution >= 4 is 29.5 Å². The molecule has 2 rings (SSSR count). The molecular formula is C11H8Cl2N2O. The van der Waals surface area contributed by atoms with Crippen LogP contribution in [-0.2, 0) is 0 Å². The van der Waals surface area contributed by atoms with Gasteiger partial charge in [0, 0.05) is 5.02 Å². The third-order valence-corrected chi connectivity index (χ3v) is 2.82. The van der Waals surface area contributed by atoms with Crippen LogP contribution in [0.15, 0.2) is 24.3 Å². The fraction of sp³-hybridized carbons (Fsp3) is 0.0909. The van der Waals surface area contributed by atoms with Crippen molar-refractivity contribution in [1.29, 1.82) is 0 Å². The van der Waals surface area contributed by atoms with E-state index in [9.17, 15) is 4.79 Å². The Labute approximate surface area is 103 Å². The third-order valence-electron chi connectivity index (χ3n) is 2.22. The van der Waals surface area contributed by atoms with Gasteiger partial charge in [-0.3, -0.25) is 4.79 Å². The van der Waals surface area contributed by atoms with E-state index >= 15 is 0 Å². The monoisotopic (exact) mass is 254 g/mol. The summed E-state index contributed by atoms with van der Waals surface area (Å²) in [6, 6.07) is 7.11. The first kappa shape index (κ1) is 11.2. The molecule has 0 saturated carbocycles. The summed E-state index contributed by atoms with van der Waals surface area (Å²) in [5.41, 5.74) is 1.73. The second kappa shape index (κ2) is 4.28. The topological polar surface area (TPSA) is 34.9 Å². The van der Waals surface area contributed by atoms with E-state index in [4.69, 9.17) is 23.2 Å². The molecule has 0 aliphatic rings. The van der Waals surface area contributed by atoms with Crippen molar-refractivity contribution in [2.24, 2.45) is 0 Å². The molecule has 0 atom stereocenters. The maximum Gasteiger partial charge on any atom is 0.155 e. The number of nitrogens with zero attached hydrogens (tertiary/aromatic N) is 2. The maximum atomic E-state index is 10.8. The smallest absolute Gasteiger partial charge is 0.155 e. The van der Waals surface area contributed by atoms with Gasteiger partial charge in [0.2, 0.25) is 0 Å². The van der Waals surface area contributed by atoms with Gasteiger partial charge in [-0.2, -0.15) is 5.10 Å². The number of carbonyl (C=O) groups excluding carboxylic acids is 1. The number of benzene rings is 1. The lowest BCUT2D eigenvalue weighted by Crippen LogP contribution is -1.96. The second-order valence-corrected chi connectivity index (χ2v) is 4.09. The molecule has 0 spiro atoms. The van der Waals surface area contributed by atoms with Crippen LogP contribution in [0.3, 0.4) is 0 Å². The summed E-state index contributed by atoms with van der Waals surface area (Å²) < 4.78 is 1.49. The van der Waals surface area contributed by atoms with Crippen molar-refractivity contribution in [2.75, 3.05) is 0 Å². The van der Waals surface area contributed by atoms with E-state index in [2.05, 4.69) is 5.10 Å². The van der Waals surface area contributed by atoms with E-state index in [0.717, 1.165) is 5.69 Å². The number of aldehydes is 1. The molecule has 0 saturated heterocycles. The number of aromatic nitrogens is 2. The Kier molecular flexibility index (Phi) is 2.99. The van der Waals surface area contributed by atoms with Crippen molar-refractivity contribution in [3.05, 3.63) is 45.7 Å². The van der Waals surface area contributed by atoms with Gasteiger partial charge in [0.25, 0.3) is 0 Å². The third kappa shape index (κ3) is 1.84. The van der Waals surface area contributed by atoms with Gasteiger partial charge in [-0.05, 0) is 25.1 Å². The number of rotatable bonds is 2. The van der Waals surface area contributed by atoms with Crippen LogP contribution in [0.1, 0.15) is 16.1 Å². The average molecular weight is 255 g/mol. The number of hydrogen-bond acceptors (Lipinski definition) is 2. The summed E-state index contributed by atoms with van der Waals surface area (Å²) in [6.45, 7) is 1.73. The Morgan fingerprint density at radius 2 is 2.12 bits per heavy atom. The highest BCUT2D eigenvalue weighted by molar-refractivity contribution is 6.32. The van der Waals surface area contributed by atoms with Gasteiger partial charge < -0.3 is 0 Å². The molecule has 0 amide bonds. The minimum Gasteiger partial charge on any atom is -0.298 e. The summed E-state index contributed by atoms with van der Waals surface area (Å²) in [6.07, 6.45) is 0.700. The van der Waals surface area contributed by atoms with Crippen LogP contribution in [0.2, 0.25) is 10.2 Å². The van der Waals surface area contributed by atoms with Crippen LogP contribution in [0.4, 0.5) is 0 Å². The van der Waals surface area contributed by atoms with Gasteiger partial charge in [0.1, 0.15) is 5.15 Å². The Bertz CT molecular complexity index is 549. The summed E-state index contributed by atoms with van der Waals surface area (Å²) in [5.74, 6) is 0. The second-order valence-electron chi connectivity index (χ2n) is 3.30. The molecule has 1 aromatic carbocycles. The Morgan fingerprint density at radius 3 is 2.69 bits per heavy atom. The Hall–Kier alpha value is -1.32. The summed E-state index contributed by atoms with van der Waals surface area (Å²) in [4.78, 5) is 10.8. The zero-order chi connectivity index (χ0) is 11.7. The molecule has 0 fully saturated rings. The minimum absolute atomic E-state index is 0.301. The molecular weight excluding hydrogens is 247 g/mol. The fourth-order valence-corrected chi connectivity index (χ4v) is 1.93. The van der Waals surface area contributed by atoms with Gasteiger partial charge in [-0.15, -0.1) is 0 Å². The highest BCUT2D eigenvalue weighted by atomic mass is 35.5. The minimum atomic E-state index is 0.301. The Balaban J connectivity index is 2.61. The summed E-state index contributed by atoms with van der Waals surface area (Å²) in [7, 11) is 0.